The molecule has 0 spiro atoms. The number of nitrogens with zero attached hydrogens (tertiary/aromatic N) is 2. The van der Waals surface area contributed by atoms with Gasteiger partial charge in [-0.2, -0.15) is 5.10 Å². The van der Waals surface area contributed by atoms with Gasteiger partial charge in [-0.1, -0.05) is 25.1 Å². The number of nitrogens with two attached hydrogens (primary N) is 1. The smallest absolute Gasteiger partial charge is 0.224 e. The molecule has 1 unspecified atom stereocenters. The maximum atomic E-state index is 13.1. The van der Waals surface area contributed by atoms with E-state index >= 15 is 0 Å². The number of anilines is 1. The lowest BCUT2D eigenvalue weighted by Crippen LogP contribution is -2.48. The number of amides is 1. The second-order valence-corrected chi connectivity index (χ2v) is 11.4. The highest BCUT2D eigenvalue weighted by Crippen LogP contribution is 2.61. The number of aromatic nitrogens is 2. The number of hydrogen-bond donors (Lipinski definition) is 3. The summed E-state index contributed by atoms with van der Waals surface area (Å²) >= 11 is 0. The maximum Gasteiger partial charge on any atom is 0.224 e. The minimum Gasteiger partial charge on any atom is -0.508 e. The molecule has 5 aliphatic carbocycles. The second kappa shape index (κ2) is 7.64. The monoisotopic (exact) mass is 446 g/mol. The number of phenolic OH excluding ortho intramolecular Hbond substituents is 1. The summed E-state index contributed by atoms with van der Waals surface area (Å²) in [5, 5.41) is 18.1. The van der Waals surface area contributed by atoms with Crippen molar-refractivity contribution in [3.8, 4) is 5.75 Å². The van der Waals surface area contributed by atoms with Crippen molar-refractivity contribution in [2.75, 3.05) is 5.73 Å². The van der Waals surface area contributed by atoms with Crippen molar-refractivity contribution >= 4 is 17.8 Å². The van der Waals surface area contributed by atoms with E-state index in [0.29, 0.717) is 18.8 Å². The van der Waals surface area contributed by atoms with E-state index in [-0.39, 0.29) is 23.0 Å². The molecule has 4 bridgehead atoms. The lowest BCUT2D eigenvalue weighted by Gasteiger charge is -2.56. The average molecular weight is 447 g/mol. The van der Waals surface area contributed by atoms with Crippen LogP contribution in [0.2, 0.25) is 0 Å². The largest absolute Gasteiger partial charge is 0.508 e. The zero-order valence-electron chi connectivity index (χ0n) is 19.4. The number of fused-ring (bicyclic) bond motifs is 1. The number of rotatable bonds is 5. The van der Waals surface area contributed by atoms with Gasteiger partial charge in [0.05, 0.1) is 12.2 Å². The predicted octanol–water partition coefficient (Wildman–Crippen LogP) is 4.79. The zero-order valence-corrected chi connectivity index (χ0v) is 19.4. The molecule has 1 heterocycles. The normalized spacial score (nSPS) is 31.8. The van der Waals surface area contributed by atoms with Crippen molar-refractivity contribution in [2.45, 2.75) is 70.8 Å². The van der Waals surface area contributed by atoms with Crippen molar-refractivity contribution in [3.63, 3.8) is 0 Å². The number of hydrogen-bond acceptors (Lipinski definition) is 4. The zero-order chi connectivity index (χ0) is 22.7. The van der Waals surface area contributed by atoms with Crippen molar-refractivity contribution in [1.82, 2.24) is 15.1 Å². The Morgan fingerprint density at radius 1 is 1.18 bits per heavy atom. The van der Waals surface area contributed by atoms with Gasteiger partial charge in [0.1, 0.15) is 11.6 Å². The number of allylic oxidation sites excluding steroid dienone is 1. The van der Waals surface area contributed by atoms with Gasteiger partial charge in [-0.25, -0.2) is 4.68 Å². The average Bonchev–Trinajstić information content (AvgIpc) is 3.03. The summed E-state index contributed by atoms with van der Waals surface area (Å²) in [6.07, 6.45) is 11.4. The molecule has 1 amide bonds. The van der Waals surface area contributed by atoms with Gasteiger partial charge in [-0.05, 0) is 86.2 Å². The molecular weight excluding hydrogens is 412 g/mol. The Bertz CT molecular complexity index is 1100. The highest BCUT2D eigenvalue weighted by Gasteiger charge is 2.51. The Labute approximate surface area is 195 Å². The van der Waals surface area contributed by atoms with E-state index in [1.54, 1.807) is 16.8 Å². The molecule has 4 N–H and O–H groups in total. The van der Waals surface area contributed by atoms with E-state index < -0.39 is 0 Å². The van der Waals surface area contributed by atoms with Crippen molar-refractivity contribution in [1.29, 1.82) is 0 Å². The van der Waals surface area contributed by atoms with Gasteiger partial charge < -0.3 is 16.2 Å². The lowest BCUT2D eigenvalue weighted by atomic mass is 9.49. The first-order valence-corrected chi connectivity index (χ1v) is 12.5. The fourth-order valence-electron chi connectivity index (χ4n) is 7.86. The third-order valence-corrected chi connectivity index (χ3v) is 8.70. The number of phenols is 1. The van der Waals surface area contributed by atoms with Crippen molar-refractivity contribution in [3.05, 3.63) is 46.8 Å². The summed E-state index contributed by atoms with van der Waals surface area (Å²) in [5.74, 6) is 3.80. The van der Waals surface area contributed by atoms with E-state index in [9.17, 15) is 9.90 Å². The Morgan fingerprint density at radius 3 is 2.52 bits per heavy atom. The summed E-state index contributed by atoms with van der Waals surface area (Å²) in [7, 11) is 0. The third-order valence-electron chi connectivity index (χ3n) is 8.70. The molecule has 0 aliphatic heterocycles. The number of benzene rings is 1. The van der Waals surface area contributed by atoms with Crippen LogP contribution in [-0.2, 0) is 11.3 Å². The molecule has 1 atom stereocenters. The number of nitrogens with one attached hydrogen (secondary N) is 1. The minimum atomic E-state index is 0.167. The SMILES string of the molecule is CC1CC(NC(=O)CC23CC4CC(CC(C4)C2)C3)=Cc2nn(Cc3ccccc3O)c(N)c21. The molecule has 174 valence electrons. The third kappa shape index (κ3) is 3.73. The maximum absolute atomic E-state index is 13.1. The van der Waals surface area contributed by atoms with Crippen LogP contribution in [-0.4, -0.2) is 20.8 Å². The number of para-hydroxylation sites is 1. The molecule has 0 saturated heterocycles. The van der Waals surface area contributed by atoms with Gasteiger partial charge in [0.2, 0.25) is 5.91 Å². The van der Waals surface area contributed by atoms with E-state index in [1.165, 1.54) is 38.5 Å². The van der Waals surface area contributed by atoms with Gasteiger partial charge in [0.25, 0.3) is 0 Å². The fourth-order valence-corrected chi connectivity index (χ4v) is 7.86. The topological polar surface area (TPSA) is 93.2 Å². The first kappa shape index (κ1) is 20.8. The Morgan fingerprint density at radius 2 is 1.85 bits per heavy atom. The van der Waals surface area contributed by atoms with Crippen LogP contribution in [0, 0.1) is 23.2 Å². The summed E-state index contributed by atoms with van der Waals surface area (Å²) in [6.45, 7) is 2.55. The molecule has 6 heteroatoms. The quantitative estimate of drug-likeness (QED) is 0.616. The molecular formula is C27H34N4O2. The molecule has 2 aromatic rings. The van der Waals surface area contributed by atoms with E-state index in [1.807, 2.05) is 18.2 Å². The van der Waals surface area contributed by atoms with Gasteiger partial charge in [0.15, 0.2) is 0 Å². The summed E-state index contributed by atoms with van der Waals surface area (Å²) in [6, 6.07) is 7.26. The molecule has 0 radical (unpaired) electrons. The van der Waals surface area contributed by atoms with Gasteiger partial charge in [-0.3, -0.25) is 4.79 Å². The van der Waals surface area contributed by atoms with Crippen LogP contribution >= 0.6 is 0 Å². The molecule has 1 aromatic heterocycles. The van der Waals surface area contributed by atoms with Crippen LogP contribution in [0.5, 0.6) is 5.75 Å². The standard InChI is InChI=1S/C27H34N4O2/c1-16-6-21(29-24(33)14-27-11-17-7-18(12-27)9-19(8-17)13-27)10-22-25(16)26(28)31(30-22)15-20-4-2-3-5-23(20)32/h2-5,10,16-19,32H,6-9,11-15,28H2,1H3,(H,29,33). The lowest BCUT2D eigenvalue weighted by molar-refractivity contribution is -0.128. The number of aromatic hydroxyl groups is 1. The summed E-state index contributed by atoms with van der Waals surface area (Å²) in [4.78, 5) is 13.1. The molecule has 5 aliphatic rings. The number of carbonyl (C=O) groups excluding carboxylic acids is 1. The van der Waals surface area contributed by atoms with Crippen LogP contribution < -0.4 is 11.1 Å². The van der Waals surface area contributed by atoms with Crippen molar-refractivity contribution < 1.29 is 9.90 Å². The van der Waals surface area contributed by atoms with Gasteiger partial charge >= 0.3 is 0 Å². The molecule has 33 heavy (non-hydrogen) atoms. The van der Waals surface area contributed by atoms with Crippen LogP contribution in [0.3, 0.4) is 0 Å². The molecule has 4 saturated carbocycles. The first-order valence-electron chi connectivity index (χ1n) is 12.5. The number of nitrogen functional groups attached to an aromatic ring is 1. The second-order valence-electron chi connectivity index (χ2n) is 11.4. The minimum absolute atomic E-state index is 0.167. The fraction of sp³-hybridized carbons (Fsp3) is 0.556. The molecule has 7 rings (SSSR count). The summed E-state index contributed by atoms with van der Waals surface area (Å²) < 4.78 is 1.76. The molecule has 4 fully saturated rings. The van der Waals surface area contributed by atoms with Gasteiger partial charge in [0, 0.05) is 23.2 Å². The van der Waals surface area contributed by atoms with E-state index in [0.717, 1.165) is 46.7 Å². The van der Waals surface area contributed by atoms with E-state index in [2.05, 4.69) is 12.2 Å². The predicted molar refractivity (Wildman–Crippen MR) is 128 cm³/mol. The van der Waals surface area contributed by atoms with Crippen LogP contribution in [0.25, 0.3) is 6.08 Å². The van der Waals surface area contributed by atoms with Crippen molar-refractivity contribution in [2.24, 2.45) is 23.2 Å². The molecule has 1 aromatic carbocycles. The van der Waals surface area contributed by atoms with Crippen LogP contribution in [0.15, 0.2) is 30.0 Å². The molecule has 6 nitrogen and oxygen atoms in total. The van der Waals surface area contributed by atoms with Gasteiger partial charge in [-0.15, -0.1) is 0 Å². The Kier molecular flexibility index (Phi) is 4.82. The van der Waals surface area contributed by atoms with Crippen LogP contribution in [0.4, 0.5) is 5.82 Å². The Hall–Kier alpha value is -2.76. The summed E-state index contributed by atoms with van der Waals surface area (Å²) in [5.41, 5.74) is 10.3. The van der Waals surface area contributed by atoms with E-state index in [4.69, 9.17) is 10.8 Å². The number of carbonyl (C=O) groups is 1. The first-order chi connectivity index (χ1) is 15.9. The highest BCUT2D eigenvalue weighted by atomic mass is 16.3. The highest BCUT2D eigenvalue weighted by molar-refractivity contribution is 5.80. The van der Waals surface area contributed by atoms with Crippen LogP contribution in [0.1, 0.15) is 81.0 Å². The Balaban J connectivity index is 1.18.